The molecular formula is C12H20N4O2. The molecular weight excluding hydrogens is 232 g/mol. The van der Waals surface area contributed by atoms with E-state index in [2.05, 4.69) is 23.9 Å². The van der Waals surface area contributed by atoms with Crippen molar-refractivity contribution in [2.45, 2.75) is 45.8 Å². The fraction of sp³-hybridized carbons (Fsp3) is 0.750. The summed E-state index contributed by atoms with van der Waals surface area (Å²) in [6.07, 6.45) is 3.21. The number of aromatic nitrogens is 3. The Balaban J connectivity index is 2.05. The van der Waals surface area contributed by atoms with Crippen LogP contribution in [0, 0.1) is 5.92 Å². The molecule has 100 valence electrons. The number of aliphatic carboxylic acids is 1. The Labute approximate surface area is 107 Å². The van der Waals surface area contributed by atoms with Gasteiger partial charge in [-0.05, 0) is 25.3 Å². The van der Waals surface area contributed by atoms with Crippen molar-refractivity contribution in [3.63, 3.8) is 0 Å². The van der Waals surface area contributed by atoms with Crippen LogP contribution in [0.2, 0.25) is 0 Å². The second-order valence-corrected chi connectivity index (χ2v) is 5.22. The lowest BCUT2D eigenvalue weighted by Gasteiger charge is -2.20. The number of rotatable bonds is 5. The zero-order valence-corrected chi connectivity index (χ0v) is 10.9. The first-order valence-corrected chi connectivity index (χ1v) is 6.41. The third-order valence-corrected chi connectivity index (χ3v) is 3.23. The van der Waals surface area contributed by atoms with Gasteiger partial charge in [-0.3, -0.25) is 9.69 Å². The first-order chi connectivity index (χ1) is 8.58. The van der Waals surface area contributed by atoms with Gasteiger partial charge in [0.05, 0.1) is 6.54 Å². The van der Waals surface area contributed by atoms with Crippen LogP contribution in [0.15, 0.2) is 6.33 Å². The van der Waals surface area contributed by atoms with Crippen LogP contribution >= 0.6 is 0 Å². The van der Waals surface area contributed by atoms with E-state index in [9.17, 15) is 4.79 Å². The Bertz CT molecular complexity index is 416. The van der Waals surface area contributed by atoms with Crippen LogP contribution in [0.5, 0.6) is 0 Å². The minimum absolute atomic E-state index is 0.366. The minimum atomic E-state index is -0.734. The largest absolute Gasteiger partial charge is 0.480 e. The Morgan fingerprint density at radius 2 is 2.39 bits per heavy atom. The summed E-state index contributed by atoms with van der Waals surface area (Å²) in [5.41, 5.74) is 0. The van der Waals surface area contributed by atoms with E-state index in [0.717, 1.165) is 31.8 Å². The molecule has 6 nitrogen and oxygen atoms in total. The number of carboxylic acid groups (broad SMARTS) is 1. The van der Waals surface area contributed by atoms with Gasteiger partial charge in [-0.1, -0.05) is 13.8 Å². The van der Waals surface area contributed by atoms with Crippen molar-refractivity contribution in [2.75, 3.05) is 6.54 Å². The summed E-state index contributed by atoms with van der Waals surface area (Å²) in [6, 6.07) is -0.366. The highest BCUT2D eigenvalue weighted by molar-refractivity contribution is 5.73. The molecule has 1 fully saturated rings. The van der Waals surface area contributed by atoms with Gasteiger partial charge in [0.15, 0.2) is 0 Å². The van der Waals surface area contributed by atoms with E-state index < -0.39 is 5.97 Å². The van der Waals surface area contributed by atoms with Crippen molar-refractivity contribution in [1.82, 2.24) is 19.7 Å². The molecule has 1 aliphatic rings. The molecule has 0 radical (unpaired) electrons. The highest BCUT2D eigenvalue weighted by Crippen LogP contribution is 2.19. The molecule has 18 heavy (non-hydrogen) atoms. The summed E-state index contributed by atoms with van der Waals surface area (Å²) >= 11 is 0. The zero-order valence-electron chi connectivity index (χ0n) is 10.9. The Morgan fingerprint density at radius 1 is 1.61 bits per heavy atom. The number of hydrogen-bond acceptors (Lipinski definition) is 4. The highest BCUT2D eigenvalue weighted by Gasteiger charge is 2.31. The first kappa shape index (κ1) is 13.0. The van der Waals surface area contributed by atoms with Crippen molar-refractivity contribution >= 4 is 5.97 Å². The smallest absolute Gasteiger partial charge is 0.320 e. The van der Waals surface area contributed by atoms with Crippen LogP contribution in [-0.4, -0.2) is 43.3 Å². The van der Waals surface area contributed by atoms with Gasteiger partial charge in [0, 0.05) is 6.54 Å². The predicted octanol–water partition coefficient (Wildman–Crippen LogP) is 0.983. The summed E-state index contributed by atoms with van der Waals surface area (Å²) in [6.45, 7) is 6.47. The standard InChI is InChI=1S/C12H20N4O2/c1-9(2)6-16-11(13-8-14-16)7-15-5-3-4-10(15)12(17)18/h8-10H,3-7H2,1-2H3,(H,17,18). The monoisotopic (exact) mass is 252 g/mol. The summed E-state index contributed by atoms with van der Waals surface area (Å²) in [5.74, 6) is 0.624. The molecule has 1 aromatic rings. The molecule has 1 aliphatic heterocycles. The SMILES string of the molecule is CC(C)Cn1ncnc1CN1CCCC1C(=O)O. The molecule has 0 aliphatic carbocycles. The normalized spacial score (nSPS) is 20.7. The maximum Gasteiger partial charge on any atom is 0.320 e. The molecule has 0 saturated carbocycles. The zero-order chi connectivity index (χ0) is 13.1. The second kappa shape index (κ2) is 5.48. The maximum absolute atomic E-state index is 11.1. The van der Waals surface area contributed by atoms with E-state index in [1.807, 2.05) is 9.58 Å². The highest BCUT2D eigenvalue weighted by atomic mass is 16.4. The van der Waals surface area contributed by atoms with E-state index in [1.165, 1.54) is 0 Å². The molecule has 2 heterocycles. The Morgan fingerprint density at radius 3 is 3.06 bits per heavy atom. The number of carbonyl (C=O) groups is 1. The van der Waals surface area contributed by atoms with Crippen LogP contribution in [0.3, 0.4) is 0 Å². The van der Waals surface area contributed by atoms with Gasteiger partial charge in [0.2, 0.25) is 0 Å². The lowest BCUT2D eigenvalue weighted by Crippen LogP contribution is -2.36. The lowest BCUT2D eigenvalue weighted by atomic mass is 10.2. The van der Waals surface area contributed by atoms with Crippen molar-refractivity contribution in [3.8, 4) is 0 Å². The molecule has 0 spiro atoms. The minimum Gasteiger partial charge on any atom is -0.480 e. The van der Waals surface area contributed by atoms with Gasteiger partial charge < -0.3 is 5.11 Å². The van der Waals surface area contributed by atoms with Crippen molar-refractivity contribution < 1.29 is 9.90 Å². The van der Waals surface area contributed by atoms with Crippen LogP contribution in [0.25, 0.3) is 0 Å². The van der Waals surface area contributed by atoms with Crippen molar-refractivity contribution in [2.24, 2.45) is 5.92 Å². The van der Waals surface area contributed by atoms with E-state index in [1.54, 1.807) is 6.33 Å². The average Bonchev–Trinajstić information content (AvgIpc) is 2.88. The molecule has 1 unspecified atom stereocenters. The molecule has 6 heteroatoms. The third-order valence-electron chi connectivity index (χ3n) is 3.23. The maximum atomic E-state index is 11.1. The van der Waals surface area contributed by atoms with Gasteiger partial charge in [0.25, 0.3) is 0 Å². The fourth-order valence-corrected chi connectivity index (χ4v) is 2.39. The van der Waals surface area contributed by atoms with Gasteiger partial charge in [-0.2, -0.15) is 5.10 Å². The second-order valence-electron chi connectivity index (χ2n) is 5.22. The molecule has 0 amide bonds. The topological polar surface area (TPSA) is 71.2 Å². The number of carboxylic acids is 1. The number of nitrogens with zero attached hydrogens (tertiary/aromatic N) is 4. The van der Waals surface area contributed by atoms with Gasteiger partial charge in [0.1, 0.15) is 18.2 Å². The summed E-state index contributed by atoms with van der Waals surface area (Å²) < 4.78 is 1.88. The van der Waals surface area contributed by atoms with Crippen LogP contribution < -0.4 is 0 Å². The number of hydrogen-bond donors (Lipinski definition) is 1. The van der Waals surface area contributed by atoms with Crippen molar-refractivity contribution in [3.05, 3.63) is 12.2 Å². The molecule has 0 bridgehead atoms. The van der Waals surface area contributed by atoms with E-state index in [0.29, 0.717) is 12.5 Å². The van der Waals surface area contributed by atoms with Crippen LogP contribution in [0.4, 0.5) is 0 Å². The molecule has 1 N–H and O–H groups in total. The van der Waals surface area contributed by atoms with E-state index >= 15 is 0 Å². The third kappa shape index (κ3) is 2.87. The van der Waals surface area contributed by atoms with Gasteiger partial charge in [-0.25, -0.2) is 9.67 Å². The average molecular weight is 252 g/mol. The van der Waals surface area contributed by atoms with Gasteiger partial charge >= 0.3 is 5.97 Å². The quantitative estimate of drug-likeness (QED) is 0.846. The molecule has 1 atom stereocenters. The molecule has 2 rings (SSSR count). The van der Waals surface area contributed by atoms with E-state index in [4.69, 9.17) is 5.11 Å². The van der Waals surface area contributed by atoms with Crippen molar-refractivity contribution in [1.29, 1.82) is 0 Å². The summed E-state index contributed by atoms with van der Waals surface area (Å²) in [5, 5.41) is 13.3. The van der Waals surface area contributed by atoms with E-state index in [-0.39, 0.29) is 6.04 Å². The van der Waals surface area contributed by atoms with Gasteiger partial charge in [-0.15, -0.1) is 0 Å². The molecule has 1 aromatic heterocycles. The van der Waals surface area contributed by atoms with Crippen LogP contribution in [-0.2, 0) is 17.9 Å². The summed E-state index contributed by atoms with van der Waals surface area (Å²) in [7, 11) is 0. The Hall–Kier alpha value is -1.43. The molecule has 0 aromatic carbocycles. The number of likely N-dealkylation sites (tertiary alicyclic amines) is 1. The fourth-order valence-electron chi connectivity index (χ4n) is 2.39. The molecule has 1 saturated heterocycles. The van der Waals surface area contributed by atoms with Crippen LogP contribution in [0.1, 0.15) is 32.5 Å². The first-order valence-electron chi connectivity index (χ1n) is 6.41. The predicted molar refractivity (Wildman–Crippen MR) is 65.9 cm³/mol. The summed E-state index contributed by atoms with van der Waals surface area (Å²) in [4.78, 5) is 17.3. The lowest BCUT2D eigenvalue weighted by molar-refractivity contribution is -0.142. The Kier molecular flexibility index (Phi) is 3.96.